The maximum Gasteiger partial charge on any atom is 0.306 e. The lowest BCUT2D eigenvalue weighted by Gasteiger charge is -2.28. The average molecular weight is 926 g/mol. The standard InChI is InChI=1S/C52H96NO10P/c1-6-8-10-12-14-16-18-20-21-22-23-24-25-26-27-28-30-32-34-36-38-42-52(57)63-48(47-62-64(58,59)61-45-44-53(3,4)5)46-60-51(56)43-39-41-50(55)49(54)40-37-35-33-31-29-19-17-15-13-11-9-7-2/h15,17,20-21,29,31,35,37,48-50,54-55H,6-14,16,18-19,22-28,30,32-34,36,38-47H2,1-5H3/b17-15-,21-20-,31-29-,37-35-/t48-,49?,50?/m1/s1. The van der Waals surface area contributed by atoms with Crippen LogP contribution in [0.5, 0.6) is 0 Å². The summed E-state index contributed by atoms with van der Waals surface area (Å²) < 4.78 is 33.8. The van der Waals surface area contributed by atoms with Gasteiger partial charge in [0.15, 0.2) is 6.10 Å². The number of rotatable bonds is 46. The van der Waals surface area contributed by atoms with Crippen molar-refractivity contribution in [3.05, 3.63) is 48.6 Å². The van der Waals surface area contributed by atoms with Crippen LogP contribution in [0, 0.1) is 0 Å². The molecule has 4 atom stereocenters. The minimum absolute atomic E-state index is 0.0372. The van der Waals surface area contributed by atoms with Crippen molar-refractivity contribution in [1.82, 2.24) is 0 Å². The highest BCUT2D eigenvalue weighted by Crippen LogP contribution is 2.38. The number of hydrogen-bond acceptors (Lipinski definition) is 10. The monoisotopic (exact) mass is 926 g/mol. The molecule has 0 spiro atoms. The first-order valence-electron chi connectivity index (χ1n) is 25.5. The topological polar surface area (TPSA) is 152 Å². The second kappa shape index (κ2) is 43.5. The largest absolute Gasteiger partial charge is 0.756 e. The Morgan fingerprint density at radius 3 is 1.58 bits per heavy atom. The van der Waals surface area contributed by atoms with Gasteiger partial charge in [0, 0.05) is 12.8 Å². The molecule has 0 heterocycles. The summed E-state index contributed by atoms with van der Waals surface area (Å²) in [7, 11) is 1.01. The summed E-state index contributed by atoms with van der Waals surface area (Å²) in [5.74, 6) is -1.12. The molecule has 11 nitrogen and oxygen atoms in total. The highest BCUT2D eigenvalue weighted by Gasteiger charge is 2.22. The molecule has 3 unspecified atom stereocenters. The van der Waals surface area contributed by atoms with Gasteiger partial charge in [-0.2, -0.15) is 0 Å². The number of unbranched alkanes of at least 4 members (excludes halogenated alkanes) is 20. The number of likely N-dealkylation sites (N-methyl/N-ethyl adjacent to an activating group) is 1. The van der Waals surface area contributed by atoms with Crippen LogP contribution in [-0.4, -0.2) is 92.5 Å². The van der Waals surface area contributed by atoms with Gasteiger partial charge in [0.1, 0.15) is 19.8 Å². The van der Waals surface area contributed by atoms with E-state index in [9.17, 15) is 29.3 Å². The molecule has 64 heavy (non-hydrogen) atoms. The molecule has 0 aromatic rings. The molecular weight excluding hydrogens is 830 g/mol. The summed E-state index contributed by atoms with van der Waals surface area (Å²) in [6, 6.07) is 0. The van der Waals surface area contributed by atoms with Gasteiger partial charge in [0.25, 0.3) is 7.82 Å². The molecule has 0 aromatic carbocycles. The average Bonchev–Trinajstić information content (AvgIpc) is 3.24. The predicted octanol–water partition coefficient (Wildman–Crippen LogP) is 12.3. The van der Waals surface area contributed by atoms with Crippen LogP contribution in [0.3, 0.4) is 0 Å². The van der Waals surface area contributed by atoms with Crippen molar-refractivity contribution >= 4 is 19.8 Å². The summed E-state index contributed by atoms with van der Waals surface area (Å²) in [5.41, 5.74) is 0. The lowest BCUT2D eigenvalue weighted by Crippen LogP contribution is -2.37. The SMILES string of the molecule is CCCCC/C=C\C/C=C\C/C=C\CC(O)C(O)CCCC(=O)OC[C@H](COP(=O)([O-])OCC[N+](C)(C)C)OC(=O)CCCCCCCCCCCCC/C=C\CCCCCCCC. The molecule has 12 heteroatoms. The number of aliphatic hydroxyl groups excluding tert-OH is 2. The van der Waals surface area contributed by atoms with Crippen molar-refractivity contribution in [2.24, 2.45) is 0 Å². The Labute approximate surface area is 391 Å². The zero-order valence-corrected chi connectivity index (χ0v) is 42.3. The number of carbonyl (C=O) groups excluding carboxylic acids is 2. The van der Waals surface area contributed by atoms with Crippen molar-refractivity contribution in [3.8, 4) is 0 Å². The molecule has 0 fully saturated rings. The van der Waals surface area contributed by atoms with E-state index in [-0.39, 0.29) is 38.9 Å². The first-order valence-corrected chi connectivity index (χ1v) is 27.0. The van der Waals surface area contributed by atoms with Gasteiger partial charge in [-0.25, -0.2) is 0 Å². The maximum atomic E-state index is 12.8. The number of hydrogen-bond donors (Lipinski definition) is 2. The molecule has 0 aliphatic heterocycles. The smallest absolute Gasteiger partial charge is 0.306 e. The molecule has 0 saturated carbocycles. The second-order valence-corrected chi connectivity index (χ2v) is 19.9. The maximum absolute atomic E-state index is 12.8. The third-order valence-electron chi connectivity index (χ3n) is 11.0. The van der Waals surface area contributed by atoms with Crippen LogP contribution in [0.15, 0.2) is 48.6 Å². The Hall–Kier alpha value is -2.11. The minimum Gasteiger partial charge on any atom is -0.756 e. The Bertz CT molecular complexity index is 1260. The molecule has 0 saturated heterocycles. The number of quaternary nitrogens is 1. The molecule has 0 aliphatic rings. The van der Waals surface area contributed by atoms with Crippen LogP contribution in [-0.2, 0) is 32.7 Å². The molecule has 2 N–H and O–H groups in total. The van der Waals surface area contributed by atoms with Crippen molar-refractivity contribution in [1.29, 1.82) is 0 Å². The molecular formula is C52H96NO10P. The van der Waals surface area contributed by atoms with Gasteiger partial charge in [-0.3, -0.25) is 14.2 Å². The normalized spacial score (nSPS) is 14.8. The van der Waals surface area contributed by atoms with Crippen LogP contribution in [0.4, 0.5) is 0 Å². The quantitative estimate of drug-likeness (QED) is 0.0198. The van der Waals surface area contributed by atoms with E-state index in [0.29, 0.717) is 23.9 Å². The zero-order valence-electron chi connectivity index (χ0n) is 41.4. The van der Waals surface area contributed by atoms with Gasteiger partial charge in [-0.1, -0.05) is 165 Å². The second-order valence-electron chi connectivity index (χ2n) is 18.5. The van der Waals surface area contributed by atoms with Gasteiger partial charge < -0.3 is 38.1 Å². The predicted molar refractivity (Wildman–Crippen MR) is 262 cm³/mol. The Morgan fingerprint density at radius 1 is 0.562 bits per heavy atom. The first-order chi connectivity index (χ1) is 30.8. The van der Waals surface area contributed by atoms with Crippen LogP contribution in [0.2, 0.25) is 0 Å². The number of nitrogens with zero attached hydrogens (tertiary/aromatic N) is 1. The van der Waals surface area contributed by atoms with Gasteiger partial charge in [0.2, 0.25) is 0 Å². The number of ether oxygens (including phenoxy) is 2. The lowest BCUT2D eigenvalue weighted by molar-refractivity contribution is -0.870. The number of aliphatic hydroxyl groups is 2. The van der Waals surface area contributed by atoms with Crippen LogP contribution < -0.4 is 4.89 Å². The fourth-order valence-electron chi connectivity index (χ4n) is 6.87. The molecule has 0 rings (SSSR count). The van der Waals surface area contributed by atoms with E-state index >= 15 is 0 Å². The molecule has 0 bridgehead atoms. The van der Waals surface area contributed by atoms with Gasteiger partial charge >= 0.3 is 11.9 Å². The summed E-state index contributed by atoms with van der Waals surface area (Å²) in [6.45, 7) is 3.88. The van der Waals surface area contributed by atoms with Crippen molar-refractivity contribution in [3.63, 3.8) is 0 Å². The highest BCUT2D eigenvalue weighted by molar-refractivity contribution is 7.45. The number of allylic oxidation sites excluding steroid dienone is 7. The lowest BCUT2D eigenvalue weighted by atomic mass is 10.0. The molecule has 0 amide bonds. The zero-order chi connectivity index (χ0) is 47.4. The van der Waals surface area contributed by atoms with E-state index in [1.54, 1.807) is 0 Å². The highest BCUT2D eigenvalue weighted by atomic mass is 31.2. The van der Waals surface area contributed by atoms with Crippen molar-refractivity contribution in [2.45, 2.75) is 225 Å². The summed E-state index contributed by atoms with van der Waals surface area (Å²) in [4.78, 5) is 37.8. The van der Waals surface area contributed by atoms with E-state index in [1.807, 2.05) is 33.3 Å². The summed E-state index contributed by atoms with van der Waals surface area (Å²) >= 11 is 0. The van der Waals surface area contributed by atoms with E-state index in [0.717, 1.165) is 38.5 Å². The summed E-state index contributed by atoms with van der Waals surface area (Å²) in [5, 5.41) is 20.8. The molecule has 374 valence electrons. The van der Waals surface area contributed by atoms with E-state index < -0.39 is 44.7 Å². The van der Waals surface area contributed by atoms with Crippen molar-refractivity contribution < 1.29 is 52.3 Å². The third kappa shape index (κ3) is 45.1. The van der Waals surface area contributed by atoms with Crippen LogP contribution in [0.1, 0.15) is 206 Å². The van der Waals surface area contributed by atoms with Gasteiger partial charge in [0.05, 0.1) is 40.0 Å². The summed E-state index contributed by atoms with van der Waals surface area (Å²) in [6.07, 6.45) is 44.5. The van der Waals surface area contributed by atoms with Crippen LogP contribution >= 0.6 is 7.82 Å². The minimum atomic E-state index is -4.70. The number of carbonyl (C=O) groups is 2. The fourth-order valence-corrected chi connectivity index (χ4v) is 7.60. The van der Waals surface area contributed by atoms with Gasteiger partial charge in [-0.05, 0) is 77.0 Å². The van der Waals surface area contributed by atoms with E-state index in [4.69, 9.17) is 18.5 Å². The molecule has 0 aliphatic carbocycles. The molecule has 0 radical (unpaired) electrons. The third-order valence-corrected chi connectivity index (χ3v) is 12.0. The number of phosphoric acid groups is 1. The Morgan fingerprint density at radius 2 is 1.02 bits per heavy atom. The van der Waals surface area contributed by atoms with E-state index in [1.165, 1.54) is 116 Å². The number of phosphoric ester groups is 1. The van der Waals surface area contributed by atoms with Gasteiger partial charge in [-0.15, -0.1) is 0 Å². The fraction of sp³-hybridized carbons (Fsp3) is 0.808. The van der Waals surface area contributed by atoms with Crippen LogP contribution in [0.25, 0.3) is 0 Å². The van der Waals surface area contributed by atoms with E-state index in [2.05, 4.69) is 50.3 Å². The first kappa shape index (κ1) is 61.9. The molecule has 0 aromatic heterocycles. The Balaban J connectivity index is 4.46. The number of esters is 2. The van der Waals surface area contributed by atoms with Crippen molar-refractivity contribution in [2.75, 3.05) is 47.5 Å². The Kier molecular flexibility index (Phi) is 42.0.